The fraction of sp³-hybridized carbons (Fsp3) is 0.429. The van der Waals surface area contributed by atoms with Crippen LogP contribution in [-0.2, 0) is 11.2 Å². The van der Waals surface area contributed by atoms with E-state index >= 15 is 0 Å². The van der Waals surface area contributed by atoms with E-state index in [0.717, 1.165) is 12.0 Å². The number of carboxylic acids is 1. The highest BCUT2D eigenvalue weighted by Gasteiger charge is 2.41. The number of urea groups is 1. The summed E-state index contributed by atoms with van der Waals surface area (Å²) in [5, 5.41) is 9.36. The molecule has 2 aliphatic heterocycles. The number of hydrogen-bond acceptors (Lipinski definition) is 3. The minimum atomic E-state index is -0.974. The summed E-state index contributed by atoms with van der Waals surface area (Å²) in [5.41, 5.74) is 7.42. The van der Waals surface area contributed by atoms with Crippen molar-refractivity contribution in [3.63, 3.8) is 0 Å². The Morgan fingerprint density at radius 2 is 2.05 bits per heavy atom. The summed E-state index contributed by atoms with van der Waals surface area (Å²) >= 11 is 0. The van der Waals surface area contributed by atoms with Crippen LogP contribution in [0, 0.1) is 0 Å². The average Bonchev–Trinajstić information content (AvgIpc) is 3.01. The molecule has 0 aromatic heterocycles. The largest absolute Gasteiger partial charge is 0.480 e. The van der Waals surface area contributed by atoms with Crippen molar-refractivity contribution in [3.8, 4) is 0 Å². The molecular formula is C14H17N3O3. The molecule has 0 radical (unpaired) electrons. The molecule has 3 rings (SSSR count). The van der Waals surface area contributed by atoms with Crippen LogP contribution in [0.3, 0.4) is 0 Å². The fourth-order valence-electron chi connectivity index (χ4n) is 2.93. The molecular weight excluding hydrogens is 258 g/mol. The Balaban J connectivity index is 1.92. The topological polar surface area (TPSA) is 86.9 Å². The minimum Gasteiger partial charge on any atom is -0.480 e. The van der Waals surface area contributed by atoms with E-state index in [9.17, 15) is 14.7 Å². The number of para-hydroxylation sites is 1. The number of amides is 2. The zero-order valence-corrected chi connectivity index (χ0v) is 11.0. The van der Waals surface area contributed by atoms with Gasteiger partial charge < -0.3 is 15.7 Å². The third-order valence-corrected chi connectivity index (χ3v) is 3.96. The third-order valence-electron chi connectivity index (χ3n) is 3.96. The first-order chi connectivity index (χ1) is 9.58. The molecule has 1 aromatic carbocycles. The molecule has 2 atom stereocenters. The van der Waals surface area contributed by atoms with Crippen molar-refractivity contribution < 1.29 is 14.7 Å². The van der Waals surface area contributed by atoms with Crippen molar-refractivity contribution in [3.05, 3.63) is 29.8 Å². The lowest BCUT2D eigenvalue weighted by molar-refractivity contribution is -0.138. The summed E-state index contributed by atoms with van der Waals surface area (Å²) in [5.74, 6) is -0.974. The van der Waals surface area contributed by atoms with Gasteiger partial charge in [-0.3, -0.25) is 4.90 Å². The molecule has 1 fully saturated rings. The second kappa shape index (κ2) is 4.79. The van der Waals surface area contributed by atoms with E-state index in [1.54, 1.807) is 11.0 Å². The smallest absolute Gasteiger partial charge is 0.327 e. The number of hydrogen-bond donors (Lipinski definition) is 2. The maximum absolute atomic E-state index is 12.6. The van der Waals surface area contributed by atoms with Crippen LogP contribution >= 0.6 is 0 Å². The summed E-state index contributed by atoms with van der Waals surface area (Å²) < 4.78 is 0. The molecule has 2 aliphatic rings. The number of likely N-dealkylation sites (tertiary alicyclic amines) is 1. The molecule has 20 heavy (non-hydrogen) atoms. The van der Waals surface area contributed by atoms with Gasteiger partial charge in [0.15, 0.2) is 0 Å². The number of rotatable bonds is 1. The van der Waals surface area contributed by atoms with E-state index in [4.69, 9.17) is 5.73 Å². The quantitative estimate of drug-likeness (QED) is 0.788. The van der Waals surface area contributed by atoms with Crippen LogP contribution in [0.4, 0.5) is 10.5 Å². The first-order valence-corrected chi connectivity index (χ1v) is 6.72. The third kappa shape index (κ3) is 2.02. The van der Waals surface area contributed by atoms with Crippen LogP contribution in [0.25, 0.3) is 0 Å². The number of carbonyl (C=O) groups is 2. The van der Waals surface area contributed by atoms with Crippen LogP contribution in [-0.4, -0.2) is 47.2 Å². The highest BCUT2D eigenvalue weighted by Crippen LogP contribution is 2.33. The Kier molecular flexibility index (Phi) is 3.10. The van der Waals surface area contributed by atoms with E-state index in [-0.39, 0.29) is 12.1 Å². The normalized spacial score (nSPS) is 24.9. The molecule has 1 aromatic rings. The van der Waals surface area contributed by atoms with Gasteiger partial charge in [-0.2, -0.15) is 0 Å². The van der Waals surface area contributed by atoms with Crippen LogP contribution in [0.1, 0.15) is 12.0 Å². The number of aliphatic carboxylic acids is 1. The maximum Gasteiger partial charge on any atom is 0.327 e. The van der Waals surface area contributed by atoms with Crippen LogP contribution in [0.15, 0.2) is 24.3 Å². The lowest BCUT2D eigenvalue weighted by Gasteiger charge is -2.28. The van der Waals surface area contributed by atoms with Crippen molar-refractivity contribution in [1.82, 2.24) is 4.90 Å². The minimum absolute atomic E-state index is 0.0138. The van der Waals surface area contributed by atoms with E-state index in [2.05, 4.69) is 0 Å². The Bertz CT molecular complexity index is 560. The second-order valence-corrected chi connectivity index (χ2v) is 5.33. The first-order valence-electron chi connectivity index (χ1n) is 6.72. The lowest BCUT2D eigenvalue weighted by atomic mass is 10.1. The van der Waals surface area contributed by atoms with Crippen LogP contribution in [0.2, 0.25) is 0 Å². The van der Waals surface area contributed by atoms with Gasteiger partial charge in [0, 0.05) is 31.2 Å². The SMILES string of the molecule is NC1CCN(C(=O)N2c3ccccc3CC2C(=O)O)C1. The van der Waals surface area contributed by atoms with Gasteiger partial charge in [-0.05, 0) is 18.1 Å². The van der Waals surface area contributed by atoms with E-state index in [1.165, 1.54) is 4.90 Å². The van der Waals surface area contributed by atoms with Crippen molar-refractivity contribution in [2.24, 2.45) is 5.73 Å². The number of carbonyl (C=O) groups excluding carboxylic acids is 1. The second-order valence-electron chi connectivity index (χ2n) is 5.33. The number of nitrogens with two attached hydrogens (primary N) is 1. The fourth-order valence-corrected chi connectivity index (χ4v) is 2.93. The highest BCUT2D eigenvalue weighted by atomic mass is 16.4. The van der Waals surface area contributed by atoms with E-state index < -0.39 is 12.0 Å². The standard InChI is InChI=1S/C14H17N3O3/c15-10-5-6-16(8-10)14(20)17-11-4-2-1-3-9(11)7-12(17)13(18)19/h1-4,10,12H,5-8,15H2,(H,18,19). The van der Waals surface area contributed by atoms with Crippen molar-refractivity contribution in [2.75, 3.05) is 18.0 Å². The number of anilines is 1. The van der Waals surface area contributed by atoms with E-state index in [0.29, 0.717) is 25.2 Å². The molecule has 0 spiro atoms. The zero-order chi connectivity index (χ0) is 14.3. The molecule has 1 saturated heterocycles. The Labute approximate surface area is 116 Å². The zero-order valence-electron chi connectivity index (χ0n) is 11.0. The van der Waals surface area contributed by atoms with Gasteiger partial charge in [-0.25, -0.2) is 9.59 Å². The van der Waals surface area contributed by atoms with Crippen molar-refractivity contribution in [2.45, 2.75) is 24.9 Å². The van der Waals surface area contributed by atoms with Crippen LogP contribution in [0.5, 0.6) is 0 Å². The Morgan fingerprint density at radius 3 is 2.70 bits per heavy atom. The van der Waals surface area contributed by atoms with Gasteiger partial charge >= 0.3 is 12.0 Å². The average molecular weight is 275 g/mol. The summed E-state index contributed by atoms with van der Waals surface area (Å²) in [7, 11) is 0. The molecule has 6 heteroatoms. The van der Waals surface area contributed by atoms with Gasteiger partial charge in [0.25, 0.3) is 0 Å². The van der Waals surface area contributed by atoms with Gasteiger partial charge in [0.05, 0.1) is 0 Å². The molecule has 106 valence electrons. The number of benzene rings is 1. The summed E-state index contributed by atoms with van der Waals surface area (Å²) in [6.45, 7) is 1.08. The highest BCUT2D eigenvalue weighted by molar-refractivity contribution is 6.01. The Hall–Kier alpha value is -2.08. The summed E-state index contributed by atoms with van der Waals surface area (Å²) in [6, 6.07) is 6.25. The summed E-state index contributed by atoms with van der Waals surface area (Å²) in [4.78, 5) is 27.1. The molecule has 0 aliphatic carbocycles. The maximum atomic E-state index is 12.6. The molecule has 2 unspecified atom stereocenters. The van der Waals surface area contributed by atoms with E-state index in [1.807, 2.05) is 18.2 Å². The molecule has 3 N–H and O–H groups in total. The molecule has 6 nitrogen and oxygen atoms in total. The van der Waals surface area contributed by atoms with Gasteiger partial charge in [-0.1, -0.05) is 18.2 Å². The number of carboxylic acid groups (broad SMARTS) is 1. The van der Waals surface area contributed by atoms with Gasteiger partial charge in [-0.15, -0.1) is 0 Å². The summed E-state index contributed by atoms with van der Waals surface area (Å²) in [6.07, 6.45) is 1.12. The van der Waals surface area contributed by atoms with Crippen LogP contribution < -0.4 is 10.6 Å². The lowest BCUT2D eigenvalue weighted by Crippen LogP contribution is -2.49. The predicted octanol–water partition coefficient (Wildman–Crippen LogP) is 0.655. The molecule has 0 bridgehead atoms. The van der Waals surface area contributed by atoms with Gasteiger partial charge in [0.2, 0.25) is 0 Å². The number of fused-ring (bicyclic) bond motifs is 1. The molecule has 2 heterocycles. The monoisotopic (exact) mass is 275 g/mol. The van der Waals surface area contributed by atoms with Crippen molar-refractivity contribution >= 4 is 17.7 Å². The van der Waals surface area contributed by atoms with Gasteiger partial charge in [0.1, 0.15) is 6.04 Å². The predicted molar refractivity (Wildman–Crippen MR) is 73.6 cm³/mol. The first kappa shape index (κ1) is 12.9. The number of nitrogens with zero attached hydrogens (tertiary/aromatic N) is 2. The molecule has 0 saturated carbocycles. The molecule has 2 amide bonds. The van der Waals surface area contributed by atoms with Crippen molar-refractivity contribution in [1.29, 1.82) is 0 Å². The Morgan fingerprint density at radius 1 is 1.30 bits per heavy atom.